The van der Waals surface area contributed by atoms with Crippen LogP contribution in [0.25, 0.3) is 5.70 Å². The molecule has 144 valence electrons. The molecule has 0 fully saturated rings. The van der Waals surface area contributed by atoms with Crippen LogP contribution in [0.2, 0.25) is 0 Å². The number of nitrogens with zero attached hydrogens (tertiary/aromatic N) is 1. The first-order valence-electron chi connectivity index (χ1n) is 8.42. The Morgan fingerprint density at radius 2 is 1.78 bits per heavy atom. The Morgan fingerprint density at radius 1 is 1.19 bits per heavy atom. The van der Waals surface area contributed by atoms with Gasteiger partial charge in [0.15, 0.2) is 6.10 Å². The first kappa shape index (κ1) is 20.2. The number of imide groups is 1. The molecule has 2 rings (SSSR count). The van der Waals surface area contributed by atoms with Crippen LogP contribution < -0.4 is 10.6 Å². The standard InChI is InChI=1S/C19H23N3O5/c1-11-13-8-6-7-9-14(13)17(25)22(11)10-15(23)27-12(2)16(24)20-18(26)21-19(3,4)5/h6-9,12H,1,10H2,2-5H3,(H2,20,21,24,26). The van der Waals surface area contributed by atoms with Crippen molar-refractivity contribution >= 4 is 29.5 Å². The third kappa shape index (κ3) is 4.93. The highest BCUT2D eigenvalue weighted by molar-refractivity contribution is 6.10. The third-order valence-electron chi connectivity index (χ3n) is 3.73. The number of urea groups is 1. The summed E-state index contributed by atoms with van der Waals surface area (Å²) in [5.74, 6) is -1.90. The van der Waals surface area contributed by atoms with Crippen molar-refractivity contribution < 1.29 is 23.9 Å². The number of carbonyl (C=O) groups excluding carboxylic acids is 4. The molecule has 0 aromatic heterocycles. The van der Waals surface area contributed by atoms with E-state index < -0.39 is 29.6 Å². The largest absolute Gasteiger partial charge is 0.451 e. The van der Waals surface area contributed by atoms with Crippen LogP contribution in [-0.4, -0.2) is 46.9 Å². The van der Waals surface area contributed by atoms with Gasteiger partial charge < -0.3 is 10.1 Å². The fraction of sp³-hybridized carbons (Fsp3) is 0.368. The fourth-order valence-electron chi connectivity index (χ4n) is 2.50. The Kier molecular flexibility index (Phi) is 5.68. The quantitative estimate of drug-likeness (QED) is 0.781. The Bertz CT molecular complexity index is 775. The van der Waals surface area contributed by atoms with Gasteiger partial charge in [-0.25, -0.2) is 4.79 Å². The van der Waals surface area contributed by atoms with Gasteiger partial charge in [-0.2, -0.15) is 0 Å². The molecule has 8 heteroatoms. The molecular formula is C19H23N3O5. The van der Waals surface area contributed by atoms with E-state index in [1.807, 2.05) is 0 Å². The molecule has 27 heavy (non-hydrogen) atoms. The van der Waals surface area contributed by atoms with E-state index >= 15 is 0 Å². The van der Waals surface area contributed by atoms with E-state index in [9.17, 15) is 19.2 Å². The molecular weight excluding hydrogens is 350 g/mol. The Hall–Kier alpha value is -3.16. The molecule has 1 atom stereocenters. The van der Waals surface area contributed by atoms with Crippen LogP contribution in [0.5, 0.6) is 0 Å². The molecule has 1 unspecified atom stereocenters. The van der Waals surface area contributed by atoms with Crippen molar-refractivity contribution in [1.82, 2.24) is 15.5 Å². The van der Waals surface area contributed by atoms with Gasteiger partial charge >= 0.3 is 12.0 Å². The summed E-state index contributed by atoms with van der Waals surface area (Å²) < 4.78 is 5.03. The second kappa shape index (κ2) is 7.61. The van der Waals surface area contributed by atoms with Crippen molar-refractivity contribution in [2.45, 2.75) is 39.3 Å². The third-order valence-corrected chi connectivity index (χ3v) is 3.73. The van der Waals surface area contributed by atoms with Gasteiger partial charge in [0.2, 0.25) is 0 Å². The van der Waals surface area contributed by atoms with E-state index in [1.165, 1.54) is 11.8 Å². The van der Waals surface area contributed by atoms with Crippen molar-refractivity contribution in [3.63, 3.8) is 0 Å². The molecule has 2 N–H and O–H groups in total. The van der Waals surface area contributed by atoms with E-state index in [0.717, 1.165) is 0 Å². The van der Waals surface area contributed by atoms with Crippen molar-refractivity contribution in [2.75, 3.05) is 6.54 Å². The van der Waals surface area contributed by atoms with Gasteiger partial charge in [0.05, 0.1) is 0 Å². The maximum Gasteiger partial charge on any atom is 0.326 e. The van der Waals surface area contributed by atoms with Gasteiger partial charge in [-0.1, -0.05) is 24.8 Å². The summed E-state index contributed by atoms with van der Waals surface area (Å²) in [4.78, 5) is 49.4. The molecule has 0 spiro atoms. The molecule has 0 aliphatic carbocycles. The molecule has 8 nitrogen and oxygen atoms in total. The maximum absolute atomic E-state index is 12.4. The first-order chi connectivity index (χ1) is 12.5. The van der Waals surface area contributed by atoms with Crippen LogP contribution in [0.4, 0.5) is 4.79 Å². The van der Waals surface area contributed by atoms with Crippen LogP contribution in [0.15, 0.2) is 30.8 Å². The van der Waals surface area contributed by atoms with E-state index in [4.69, 9.17) is 4.74 Å². The zero-order valence-electron chi connectivity index (χ0n) is 15.8. The SMILES string of the molecule is C=C1c2ccccc2C(=O)N1CC(=O)OC(C)C(=O)NC(=O)NC(C)(C)C. The highest BCUT2D eigenvalue weighted by atomic mass is 16.5. The predicted octanol–water partition coefficient (Wildman–Crippen LogP) is 1.67. The normalized spacial score (nSPS) is 14.4. The van der Waals surface area contributed by atoms with Gasteiger partial charge in [0.1, 0.15) is 6.54 Å². The van der Waals surface area contributed by atoms with Crippen LogP contribution >= 0.6 is 0 Å². The number of fused-ring (bicyclic) bond motifs is 1. The second-order valence-electron chi connectivity index (χ2n) is 7.21. The Balaban J connectivity index is 1.90. The summed E-state index contributed by atoms with van der Waals surface area (Å²) in [6.45, 7) is 10.1. The molecule has 4 amide bonds. The predicted molar refractivity (Wildman–Crippen MR) is 98.5 cm³/mol. The number of amides is 4. The van der Waals surface area contributed by atoms with Gasteiger partial charge in [-0.15, -0.1) is 0 Å². The second-order valence-corrected chi connectivity index (χ2v) is 7.21. The van der Waals surface area contributed by atoms with Crippen molar-refractivity contribution in [3.8, 4) is 0 Å². The zero-order valence-corrected chi connectivity index (χ0v) is 15.8. The monoisotopic (exact) mass is 373 g/mol. The molecule has 1 heterocycles. The minimum Gasteiger partial charge on any atom is -0.451 e. The molecule has 0 radical (unpaired) electrons. The van der Waals surface area contributed by atoms with Gasteiger partial charge in [0, 0.05) is 22.4 Å². The summed E-state index contributed by atoms with van der Waals surface area (Å²) in [5, 5.41) is 4.67. The van der Waals surface area contributed by atoms with Crippen molar-refractivity contribution in [2.24, 2.45) is 0 Å². The molecule has 1 aliphatic heterocycles. The zero-order chi connectivity index (χ0) is 20.4. The van der Waals surface area contributed by atoms with Crippen LogP contribution in [-0.2, 0) is 14.3 Å². The number of carbonyl (C=O) groups is 4. The lowest BCUT2D eigenvalue weighted by molar-refractivity contribution is -0.154. The number of hydrogen-bond acceptors (Lipinski definition) is 5. The lowest BCUT2D eigenvalue weighted by Gasteiger charge is -2.21. The number of nitrogens with one attached hydrogen (secondary N) is 2. The highest BCUT2D eigenvalue weighted by Gasteiger charge is 2.33. The van der Waals surface area contributed by atoms with Crippen LogP contribution in [0, 0.1) is 0 Å². The van der Waals surface area contributed by atoms with Crippen molar-refractivity contribution in [3.05, 3.63) is 42.0 Å². The molecule has 0 saturated carbocycles. The molecule has 1 aromatic rings. The number of ether oxygens (including phenoxy) is 1. The van der Waals surface area contributed by atoms with E-state index in [2.05, 4.69) is 17.2 Å². The topological polar surface area (TPSA) is 105 Å². The molecule has 1 aromatic carbocycles. The number of benzene rings is 1. The minimum atomic E-state index is -1.20. The lowest BCUT2D eigenvalue weighted by Crippen LogP contribution is -2.50. The summed E-state index contributed by atoms with van der Waals surface area (Å²) in [5.41, 5.74) is 0.990. The summed E-state index contributed by atoms with van der Waals surface area (Å²) >= 11 is 0. The van der Waals surface area contributed by atoms with Crippen LogP contribution in [0.3, 0.4) is 0 Å². The molecule has 0 bridgehead atoms. The van der Waals surface area contributed by atoms with E-state index in [-0.39, 0.29) is 12.5 Å². The van der Waals surface area contributed by atoms with Gasteiger partial charge in [-0.3, -0.25) is 24.6 Å². The Morgan fingerprint density at radius 3 is 2.33 bits per heavy atom. The van der Waals surface area contributed by atoms with Crippen LogP contribution in [0.1, 0.15) is 43.6 Å². The van der Waals surface area contributed by atoms with E-state index in [1.54, 1.807) is 45.0 Å². The Labute approximate surface area is 157 Å². The average molecular weight is 373 g/mol. The van der Waals surface area contributed by atoms with E-state index in [0.29, 0.717) is 16.8 Å². The summed E-state index contributed by atoms with van der Waals surface area (Å²) in [6.07, 6.45) is -1.20. The van der Waals surface area contributed by atoms with Gasteiger partial charge in [-0.05, 0) is 33.8 Å². The van der Waals surface area contributed by atoms with Gasteiger partial charge in [0.25, 0.3) is 11.8 Å². The highest BCUT2D eigenvalue weighted by Crippen LogP contribution is 2.30. The minimum absolute atomic E-state index is 0.353. The summed E-state index contributed by atoms with van der Waals surface area (Å²) in [6, 6.07) is 6.20. The number of rotatable bonds is 4. The lowest BCUT2D eigenvalue weighted by atomic mass is 10.1. The molecule has 0 saturated heterocycles. The number of hydrogen-bond donors (Lipinski definition) is 2. The summed E-state index contributed by atoms with van der Waals surface area (Å²) in [7, 11) is 0. The maximum atomic E-state index is 12.4. The fourth-order valence-corrected chi connectivity index (χ4v) is 2.50. The number of esters is 1. The molecule has 1 aliphatic rings. The smallest absolute Gasteiger partial charge is 0.326 e. The average Bonchev–Trinajstić information content (AvgIpc) is 2.78. The first-order valence-corrected chi connectivity index (χ1v) is 8.42. The van der Waals surface area contributed by atoms with Crippen molar-refractivity contribution in [1.29, 1.82) is 0 Å².